The molecule has 3 rings (SSSR count). The number of carbonyl (C=O) groups excluding carboxylic acids is 1. The van der Waals surface area contributed by atoms with Crippen molar-refractivity contribution in [1.29, 1.82) is 0 Å². The van der Waals surface area contributed by atoms with Gasteiger partial charge in [0.15, 0.2) is 5.69 Å². The summed E-state index contributed by atoms with van der Waals surface area (Å²) in [7, 11) is 0. The number of halogens is 1. The summed E-state index contributed by atoms with van der Waals surface area (Å²) in [4.78, 5) is 13.2. The molecule has 2 aromatic heterocycles. The second-order valence-corrected chi connectivity index (χ2v) is 5.58. The van der Waals surface area contributed by atoms with Gasteiger partial charge in [-0.05, 0) is 24.4 Å². The van der Waals surface area contributed by atoms with Crippen molar-refractivity contribution in [3.63, 3.8) is 0 Å². The summed E-state index contributed by atoms with van der Waals surface area (Å²) < 4.78 is 1.69. The summed E-state index contributed by atoms with van der Waals surface area (Å²) in [6.07, 6.45) is 2.66. The van der Waals surface area contributed by atoms with Crippen LogP contribution in [-0.2, 0) is 6.54 Å². The highest BCUT2D eigenvalue weighted by Crippen LogP contribution is 2.10. The minimum Gasteiger partial charge on any atom is -0.347 e. The topological polar surface area (TPSA) is 71.8 Å². The lowest BCUT2D eigenvalue weighted by atomic mass is 10.2. The van der Waals surface area contributed by atoms with Crippen molar-refractivity contribution in [3.05, 3.63) is 34.3 Å². The lowest BCUT2D eigenvalue weighted by molar-refractivity contribution is 0.0935. The van der Waals surface area contributed by atoms with E-state index in [4.69, 9.17) is 0 Å². The second-order valence-electron chi connectivity index (χ2n) is 4.54. The maximum atomic E-state index is 12.0. The summed E-state index contributed by atoms with van der Waals surface area (Å²) in [5.74, 6) is -0.147. The number of nitrogens with zero attached hydrogens (tertiary/aromatic N) is 3. The molecule has 1 saturated heterocycles. The van der Waals surface area contributed by atoms with Gasteiger partial charge >= 0.3 is 0 Å². The van der Waals surface area contributed by atoms with Crippen LogP contribution in [0.3, 0.4) is 0 Å². The molecule has 2 N–H and O–H groups in total. The fourth-order valence-corrected chi connectivity index (χ4v) is 2.77. The normalized spacial score (nSPS) is 17.7. The van der Waals surface area contributed by atoms with E-state index in [9.17, 15) is 4.79 Å². The molecule has 1 atom stereocenters. The van der Waals surface area contributed by atoms with Crippen LogP contribution in [0.5, 0.6) is 0 Å². The molecule has 0 radical (unpaired) electrons. The lowest BCUT2D eigenvalue weighted by Gasteiger charge is -2.08. The van der Waals surface area contributed by atoms with E-state index >= 15 is 0 Å². The van der Waals surface area contributed by atoms with Crippen molar-refractivity contribution >= 4 is 29.7 Å². The Labute approximate surface area is 127 Å². The van der Waals surface area contributed by atoms with E-state index in [1.165, 1.54) is 4.88 Å². The first-order chi connectivity index (χ1) is 9.31. The van der Waals surface area contributed by atoms with Crippen molar-refractivity contribution < 1.29 is 4.79 Å². The van der Waals surface area contributed by atoms with Crippen molar-refractivity contribution in [3.8, 4) is 0 Å². The highest BCUT2D eigenvalue weighted by molar-refractivity contribution is 7.09. The number of aromatic nitrogens is 3. The molecule has 3 heterocycles. The van der Waals surface area contributed by atoms with Gasteiger partial charge < -0.3 is 10.6 Å². The zero-order chi connectivity index (χ0) is 13.1. The van der Waals surface area contributed by atoms with E-state index < -0.39 is 0 Å². The van der Waals surface area contributed by atoms with Gasteiger partial charge in [-0.1, -0.05) is 11.3 Å². The molecule has 1 unspecified atom stereocenters. The lowest BCUT2D eigenvalue weighted by Crippen LogP contribution is -2.36. The maximum absolute atomic E-state index is 12.0. The van der Waals surface area contributed by atoms with E-state index in [1.807, 2.05) is 17.5 Å². The SMILES string of the molecule is Cl.O=C(NC1CCNC1)c1cn(Cc2cccs2)nn1. The average molecular weight is 314 g/mol. The Morgan fingerprint density at radius 2 is 2.50 bits per heavy atom. The quantitative estimate of drug-likeness (QED) is 0.880. The van der Waals surface area contributed by atoms with E-state index in [0.29, 0.717) is 12.2 Å². The average Bonchev–Trinajstić information content (AvgIpc) is 3.10. The highest BCUT2D eigenvalue weighted by Gasteiger charge is 2.19. The van der Waals surface area contributed by atoms with Crippen LogP contribution in [-0.4, -0.2) is 40.0 Å². The smallest absolute Gasteiger partial charge is 0.273 e. The van der Waals surface area contributed by atoms with Crippen LogP contribution in [0.2, 0.25) is 0 Å². The number of hydrogen-bond acceptors (Lipinski definition) is 5. The van der Waals surface area contributed by atoms with Gasteiger partial charge in [0.25, 0.3) is 5.91 Å². The van der Waals surface area contributed by atoms with Gasteiger partial charge in [0.05, 0.1) is 12.7 Å². The van der Waals surface area contributed by atoms with E-state index in [2.05, 4.69) is 20.9 Å². The Balaban J connectivity index is 0.00000147. The first-order valence-corrected chi connectivity index (χ1v) is 7.13. The molecule has 0 bridgehead atoms. The number of nitrogens with one attached hydrogen (secondary N) is 2. The van der Waals surface area contributed by atoms with Crippen LogP contribution in [0.4, 0.5) is 0 Å². The zero-order valence-electron chi connectivity index (χ0n) is 10.8. The monoisotopic (exact) mass is 313 g/mol. The summed E-state index contributed by atoms with van der Waals surface area (Å²) in [5.41, 5.74) is 0.378. The van der Waals surface area contributed by atoms with Crippen LogP contribution in [0, 0.1) is 0 Å². The van der Waals surface area contributed by atoms with Crippen LogP contribution < -0.4 is 10.6 Å². The number of amides is 1. The van der Waals surface area contributed by atoms with Gasteiger partial charge in [-0.3, -0.25) is 4.79 Å². The van der Waals surface area contributed by atoms with Crippen molar-refractivity contribution in [1.82, 2.24) is 25.6 Å². The molecule has 1 amide bonds. The molecular weight excluding hydrogens is 298 g/mol. The molecular formula is C12H16ClN5OS. The Hall–Kier alpha value is -1.44. The van der Waals surface area contributed by atoms with Gasteiger partial charge in [0.2, 0.25) is 0 Å². The maximum Gasteiger partial charge on any atom is 0.273 e. The largest absolute Gasteiger partial charge is 0.347 e. The molecule has 1 fully saturated rings. The van der Waals surface area contributed by atoms with Crippen molar-refractivity contribution in [2.24, 2.45) is 0 Å². The molecule has 0 spiro atoms. The molecule has 108 valence electrons. The molecule has 1 aliphatic heterocycles. The van der Waals surface area contributed by atoms with E-state index in [0.717, 1.165) is 19.5 Å². The Morgan fingerprint density at radius 3 is 3.20 bits per heavy atom. The molecule has 20 heavy (non-hydrogen) atoms. The van der Waals surface area contributed by atoms with Gasteiger partial charge in [-0.2, -0.15) is 0 Å². The van der Waals surface area contributed by atoms with Gasteiger partial charge in [-0.15, -0.1) is 28.8 Å². The minimum atomic E-state index is -0.147. The van der Waals surface area contributed by atoms with E-state index in [-0.39, 0.29) is 24.4 Å². The van der Waals surface area contributed by atoms with Crippen LogP contribution in [0.15, 0.2) is 23.7 Å². The molecule has 6 nitrogen and oxygen atoms in total. The number of hydrogen-bond donors (Lipinski definition) is 2. The molecule has 2 aromatic rings. The number of thiophene rings is 1. The summed E-state index contributed by atoms with van der Waals surface area (Å²) >= 11 is 1.66. The minimum absolute atomic E-state index is 0. The standard InChI is InChI=1S/C12H15N5OS.ClH/c18-12(14-9-3-4-13-6-9)11-8-17(16-15-11)7-10-2-1-5-19-10;/h1-2,5,8-9,13H,3-4,6-7H2,(H,14,18);1H. The molecule has 1 aliphatic rings. The fourth-order valence-electron chi connectivity index (χ4n) is 2.08. The zero-order valence-corrected chi connectivity index (χ0v) is 12.4. The van der Waals surface area contributed by atoms with Gasteiger partial charge in [0.1, 0.15) is 0 Å². The van der Waals surface area contributed by atoms with Crippen LogP contribution in [0.1, 0.15) is 21.8 Å². The third kappa shape index (κ3) is 3.56. The molecule has 0 aliphatic carbocycles. The van der Waals surface area contributed by atoms with Crippen LogP contribution >= 0.6 is 23.7 Å². The Kier molecular flexibility index (Phi) is 5.11. The predicted molar refractivity (Wildman–Crippen MR) is 79.4 cm³/mol. The number of rotatable bonds is 4. The van der Waals surface area contributed by atoms with Gasteiger partial charge in [-0.25, -0.2) is 4.68 Å². The van der Waals surface area contributed by atoms with Crippen molar-refractivity contribution in [2.45, 2.75) is 19.0 Å². The first kappa shape index (κ1) is 15.0. The van der Waals surface area contributed by atoms with Crippen LogP contribution in [0.25, 0.3) is 0 Å². The summed E-state index contributed by atoms with van der Waals surface area (Å²) in [6, 6.07) is 4.24. The third-order valence-corrected chi connectivity index (χ3v) is 3.93. The second kappa shape index (κ2) is 6.83. The first-order valence-electron chi connectivity index (χ1n) is 6.25. The molecule has 0 saturated carbocycles. The number of carbonyl (C=O) groups is 1. The fraction of sp³-hybridized carbons (Fsp3) is 0.417. The van der Waals surface area contributed by atoms with E-state index in [1.54, 1.807) is 22.2 Å². The Bertz CT molecular complexity index is 550. The molecule has 8 heteroatoms. The predicted octanol–water partition coefficient (Wildman–Crippen LogP) is 0.901. The highest BCUT2D eigenvalue weighted by atomic mass is 35.5. The Morgan fingerprint density at radius 1 is 1.60 bits per heavy atom. The van der Waals surface area contributed by atoms with Crippen molar-refractivity contribution in [2.75, 3.05) is 13.1 Å². The third-order valence-electron chi connectivity index (χ3n) is 3.06. The molecule has 0 aromatic carbocycles. The summed E-state index contributed by atoms with van der Waals surface area (Å²) in [6.45, 7) is 2.44. The van der Waals surface area contributed by atoms with Gasteiger partial charge in [0, 0.05) is 17.5 Å². The summed E-state index contributed by atoms with van der Waals surface area (Å²) in [5, 5.41) is 16.1.